The second-order valence-electron chi connectivity index (χ2n) is 9.56. The fourth-order valence-corrected chi connectivity index (χ4v) is 6.10. The minimum atomic E-state index is -3.83. The molecule has 0 saturated carbocycles. The van der Waals surface area contributed by atoms with Crippen molar-refractivity contribution in [3.8, 4) is 0 Å². The number of hydrogen-bond donors (Lipinski definition) is 1. The summed E-state index contributed by atoms with van der Waals surface area (Å²) in [5.41, 5.74) is 3.03. The summed E-state index contributed by atoms with van der Waals surface area (Å²) < 4.78 is 35.7. The van der Waals surface area contributed by atoms with Gasteiger partial charge >= 0.3 is 0 Å². The molecule has 0 spiro atoms. The summed E-state index contributed by atoms with van der Waals surface area (Å²) in [7, 11) is -3.83. The zero-order valence-electron chi connectivity index (χ0n) is 18.6. The number of aryl methyl sites for hydroxylation is 2. The van der Waals surface area contributed by atoms with Crippen molar-refractivity contribution in [1.82, 2.24) is 0 Å². The zero-order valence-corrected chi connectivity index (χ0v) is 19.4. The van der Waals surface area contributed by atoms with Crippen molar-refractivity contribution >= 4 is 43.2 Å². The van der Waals surface area contributed by atoms with Gasteiger partial charge in [-0.25, -0.2) is 8.42 Å². The van der Waals surface area contributed by atoms with E-state index in [-0.39, 0.29) is 16.1 Å². The van der Waals surface area contributed by atoms with Crippen molar-refractivity contribution in [1.29, 1.82) is 0 Å². The Morgan fingerprint density at radius 1 is 0.938 bits per heavy atom. The van der Waals surface area contributed by atoms with Crippen molar-refractivity contribution in [2.24, 2.45) is 5.41 Å². The Hall–Kier alpha value is -3.12. The second-order valence-corrected chi connectivity index (χ2v) is 11.2. The van der Waals surface area contributed by atoms with Crippen LogP contribution in [0.1, 0.15) is 47.5 Å². The minimum Gasteiger partial charge on any atom is -0.460 e. The molecule has 0 amide bonds. The Labute approximate surface area is 187 Å². The Morgan fingerprint density at radius 3 is 2.41 bits per heavy atom. The maximum atomic E-state index is 13.3. The fourth-order valence-electron chi connectivity index (χ4n) is 4.70. The van der Waals surface area contributed by atoms with Crippen molar-refractivity contribution in [2.45, 2.75) is 45.4 Å². The molecule has 0 saturated heterocycles. The van der Waals surface area contributed by atoms with Crippen LogP contribution >= 0.6 is 0 Å². The largest absolute Gasteiger partial charge is 0.460 e. The molecule has 164 valence electrons. The summed E-state index contributed by atoms with van der Waals surface area (Å²) in [6, 6.07) is 14.6. The summed E-state index contributed by atoms with van der Waals surface area (Å²) in [6.07, 6.45) is 1.10. The van der Waals surface area contributed by atoms with E-state index in [1.54, 1.807) is 25.1 Å². The van der Waals surface area contributed by atoms with Gasteiger partial charge in [-0.05, 0) is 42.5 Å². The molecule has 1 aliphatic rings. The van der Waals surface area contributed by atoms with E-state index in [9.17, 15) is 13.2 Å². The van der Waals surface area contributed by atoms with Gasteiger partial charge < -0.3 is 4.42 Å². The molecule has 1 aliphatic carbocycles. The number of benzene rings is 3. The Bertz CT molecular complexity index is 1530. The van der Waals surface area contributed by atoms with Crippen LogP contribution in [0.4, 0.5) is 5.69 Å². The van der Waals surface area contributed by atoms with E-state index in [0.717, 1.165) is 16.3 Å². The monoisotopic (exact) mass is 447 g/mol. The average Bonchev–Trinajstić information content (AvgIpc) is 3.07. The smallest absolute Gasteiger partial charge is 0.262 e. The number of furan rings is 1. The third-order valence-corrected chi connectivity index (χ3v) is 7.71. The summed E-state index contributed by atoms with van der Waals surface area (Å²) in [5, 5.41) is 2.17. The van der Waals surface area contributed by atoms with E-state index in [1.165, 1.54) is 0 Å². The molecule has 1 aromatic heterocycles. The molecule has 0 atom stereocenters. The normalized spacial score (nSPS) is 15.8. The van der Waals surface area contributed by atoms with E-state index >= 15 is 0 Å². The highest BCUT2D eigenvalue weighted by molar-refractivity contribution is 7.92. The number of rotatable bonds is 3. The first kappa shape index (κ1) is 20.8. The number of carbonyl (C=O) groups excluding carboxylic acids is 1. The van der Waals surface area contributed by atoms with Crippen molar-refractivity contribution in [2.75, 3.05) is 4.72 Å². The van der Waals surface area contributed by atoms with Crippen molar-refractivity contribution in [3.05, 3.63) is 71.0 Å². The van der Waals surface area contributed by atoms with E-state index in [2.05, 4.69) is 18.6 Å². The third-order valence-electron chi connectivity index (χ3n) is 6.20. The summed E-state index contributed by atoms with van der Waals surface area (Å²) in [4.78, 5) is 13.3. The van der Waals surface area contributed by atoms with Crippen LogP contribution in [0, 0.1) is 19.3 Å². The molecule has 4 aromatic rings. The molecule has 1 N–H and O–H groups in total. The van der Waals surface area contributed by atoms with Gasteiger partial charge in [0.05, 0.1) is 16.1 Å². The van der Waals surface area contributed by atoms with Gasteiger partial charge in [0.1, 0.15) is 11.3 Å². The lowest BCUT2D eigenvalue weighted by Gasteiger charge is -2.27. The summed E-state index contributed by atoms with van der Waals surface area (Å²) >= 11 is 0. The van der Waals surface area contributed by atoms with Crippen LogP contribution in [0.2, 0.25) is 0 Å². The van der Waals surface area contributed by atoms with Gasteiger partial charge in [-0.15, -0.1) is 0 Å². The first-order valence-corrected chi connectivity index (χ1v) is 12.1. The molecule has 0 unspecified atom stereocenters. The quantitative estimate of drug-likeness (QED) is 0.408. The van der Waals surface area contributed by atoms with E-state index < -0.39 is 10.0 Å². The number of nitrogens with one attached hydrogen (secondary N) is 1. The van der Waals surface area contributed by atoms with Gasteiger partial charge in [0.2, 0.25) is 0 Å². The number of hydrogen-bond acceptors (Lipinski definition) is 4. The highest BCUT2D eigenvalue weighted by atomic mass is 32.2. The second kappa shape index (κ2) is 6.94. The standard InChI is InChI=1S/C26H25NO4S/c1-15-9-10-16(2)23(11-15)32(29,30)27-20-12-19-24-21(28)13-26(3,4)14-22(24)31-25(19)18-8-6-5-7-17(18)20/h5-12,27H,13-14H2,1-4H3. The molecule has 32 heavy (non-hydrogen) atoms. The lowest BCUT2D eigenvalue weighted by Crippen LogP contribution is -2.25. The van der Waals surface area contributed by atoms with Crippen LogP contribution in [0.25, 0.3) is 21.7 Å². The summed E-state index contributed by atoms with van der Waals surface area (Å²) in [5.74, 6) is 0.717. The Kier molecular flexibility index (Phi) is 4.50. The van der Waals surface area contributed by atoms with E-state index in [1.807, 2.05) is 37.3 Å². The topological polar surface area (TPSA) is 76.4 Å². The number of carbonyl (C=O) groups is 1. The first-order chi connectivity index (χ1) is 15.1. The molecule has 3 aromatic carbocycles. The molecular formula is C26H25NO4S. The molecule has 5 nitrogen and oxygen atoms in total. The van der Waals surface area contributed by atoms with Gasteiger partial charge in [-0.3, -0.25) is 9.52 Å². The molecule has 1 heterocycles. The van der Waals surface area contributed by atoms with Crippen LogP contribution < -0.4 is 4.72 Å². The van der Waals surface area contributed by atoms with Gasteiger partial charge in [0.15, 0.2) is 5.78 Å². The van der Waals surface area contributed by atoms with Crippen LogP contribution in [-0.2, 0) is 16.4 Å². The first-order valence-electron chi connectivity index (χ1n) is 10.7. The van der Waals surface area contributed by atoms with Crippen LogP contribution in [0.3, 0.4) is 0 Å². The van der Waals surface area contributed by atoms with Gasteiger partial charge in [-0.1, -0.05) is 50.2 Å². The maximum absolute atomic E-state index is 13.3. The zero-order chi connectivity index (χ0) is 22.8. The lowest BCUT2D eigenvalue weighted by molar-refractivity contribution is 0.0906. The summed E-state index contributed by atoms with van der Waals surface area (Å²) in [6.45, 7) is 7.76. The van der Waals surface area contributed by atoms with Crippen LogP contribution in [0.5, 0.6) is 0 Å². The molecule has 6 heteroatoms. The molecule has 5 rings (SSSR count). The van der Waals surface area contributed by atoms with Gasteiger partial charge in [0, 0.05) is 29.0 Å². The maximum Gasteiger partial charge on any atom is 0.262 e. The highest BCUT2D eigenvalue weighted by Gasteiger charge is 2.36. The molecule has 0 fully saturated rings. The number of Topliss-reactive ketones (excluding diaryl/α,β-unsaturated/α-hetero) is 1. The van der Waals surface area contributed by atoms with Crippen molar-refractivity contribution < 1.29 is 17.6 Å². The van der Waals surface area contributed by atoms with Gasteiger partial charge in [0.25, 0.3) is 10.0 Å². The molecular weight excluding hydrogens is 422 g/mol. The SMILES string of the molecule is Cc1ccc(C)c(S(=O)(=O)Nc2cc3c4c(oc3c3ccccc23)CC(C)(C)CC4=O)c1. The minimum absolute atomic E-state index is 0.0358. The van der Waals surface area contributed by atoms with Crippen LogP contribution in [-0.4, -0.2) is 14.2 Å². The van der Waals surface area contributed by atoms with E-state index in [4.69, 9.17) is 4.42 Å². The predicted molar refractivity (Wildman–Crippen MR) is 127 cm³/mol. The Balaban J connectivity index is 1.74. The number of sulfonamides is 1. The lowest BCUT2D eigenvalue weighted by atomic mass is 9.76. The number of anilines is 1. The predicted octanol–water partition coefficient (Wildman–Crippen LogP) is 6.16. The number of fused-ring (bicyclic) bond motifs is 5. The molecule has 0 bridgehead atoms. The molecule has 0 radical (unpaired) electrons. The highest BCUT2D eigenvalue weighted by Crippen LogP contribution is 2.43. The van der Waals surface area contributed by atoms with Crippen molar-refractivity contribution in [3.63, 3.8) is 0 Å². The van der Waals surface area contributed by atoms with E-state index in [0.29, 0.717) is 46.4 Å². The van der Waals surface area contributed by atoms with Gasteiger partial charge in [-0.2, -0.15) is 0 Å². The number of ketones is 1. The third kappa shape index (κ3) is 3.30. The fraction of sp³-hybridized carbons (Fsp3) is 0.269. The molecule has 0 aliphatic heterocycles. The Morgan fingerprint density at radius 2 is 1.66 bits per heavy atom. The van der Waals surface area contributed by atoms with Crippen LogP contribution in [0.15, 0.2) is 57.8 Å². The average molecular weight is 448 g/mol.